The molecule has 1 aromatic rings. The normalized spacial score (nSPS) is 15.5. The summed E-state index contributed by atoms with van der Waals surface area (Å²) >= 11 is 0. The average molecular weight is 380 g/mol. The van der Waals surface area contributed by atoms with Crippen molar-refractivity contribution in [1.82, 2.24) is 9.80 Å². The maximum absolute atomic E-state index is 11.5. The van der Waals surface area contributed by atoms with Crippen LogP contribution in [0.25, 0.3) is 0 Å². The van der Waals surface area contributed by atoms with Gasteiger partial charge >= 0.3 is 0 Å². The van der Waals surface area contributed by atoms with Crippen molar-refractivity contribution < 1.29 is 28.7 Å². The van der Waals surface area contributed by atoms with Crippen LogP contribution in [0.5, 0.6) is 11.5 Å². The topological polar surface area (TPSA) is 93.2 Å². The molecule has 2 aliphatic heterocycles. The molecule has 2 aliphatic rings. The zero-order chi connectivity index (χ0) is 20.1. The maximum Gasteiger partial charge on any atom is 0.253 e. The summed E-state index contributed by atoms with van der Waals surface area (Å²) in [5.74, 6) is 1.78. The molecule has 4 amide bonds. The molecule has 0 aromatic heterocycles. The number of carbonyl (C=O) groups is 4. The minimum absolute atomic E-state index is 0.0923. The average Bonchev–Trinajstić information content (AvgIpc) is 3.17. The Morgan fingerprint density at radius 2 is 1.11 bits per heavy atom. The standard InChI is InChI=1S/C20H16N2O6/c1-2-14-11-15(27-9-7-21-17(23)3-4-18(21)24)13-16(12-14)28-10-8-22-19(25)5-6-20(22)26/h1,3-6,11-13H,7-10H2. The minimum Gasteiger partial charge on any atom is -0.492 e. The van der Waals surface area contributed by atoms with Crippen LogP contribution in [0.4, 0.5) is 0 Å². The number of hydrogen-bond donors (Lipinski definition) is 0. The van der Waals surface area contributed by atoms with Gasteiger partial charge in [0.2, 0.25) is 0 Å². The summed E-state index contributed by atoms with van der Waals surface area (Å²) in [6, 6.07) is 4.84. The van der Waals surface area contributed by atoms with E-state index in [1.807, 2.05) is 0 Å². The lowest BCUT2D eigenvalue weighted by molar-refractivity contribution is -0.138. The van der Waals surface area contributed by atoms with Crippen molar-refractivity contribution in [3.8, 4) is 23.8 Å². The van der Waals surface area contributed by atoms with E-state index in [2.05, 4.69) is 5.92 Å². The SMILES string of the molecule is C#Cc1cc(OCCN2C(=O)C=CC2=O)cc(OCCN2C(=O)C=CC2=O)c1. The lowest BCUT2D eigenvalue weighted by Gasteiger charge is -2.16. The third-order valence-corrected chi connectivity index (χ3v) is 4.02. The number of amides is 4. The second kappa shape index (κ2) is 8.22. The number of nitrogens with zero attached hydrogens (tertiary/aromatic N) is 2. The number of carbonyl (C=O) groups excluding carboxylic acids is 4. The highest BCUT2D eigenvalue weighted by atomic mass is 16.5. The smallest absolute Gasteiger partial charge is 0.253 e. The quantitative estimate of drug-likeness (QED) is 0.475. The molecule has 28 heavy (non-hydrogen) atoms. The third kappa shape index (κ3) is 4.27. The van der Waals surface area contributed by atoms with Crippen LogP contribution in [0, 0.1) is 12.3 Å². The number of benzene rings is 1. The van der Waals surface area contributed by atoms with Gasteiger partial charge in [-0.3, -0.25) is 29.0 Å². The number of terminal acetylenes is 1. The van der Waals surface area contributed by atoms with E-state index < -0.39 is 0 Å². The first-order chi connectivity index (χ1) is 13.5. The van der Waals surface area contributed by atoms with Crippen LogP contribution in [-0.4, -0.2) is 59.7 Å². The summed E-state index contributed by atoms with van der Waals surface area (Å²) in [4.78, 5) is 48.2. The van der Waals surface area contributed by atoms with E-state index in [0.29, 0.717) is 17.1 Å². The monoisotopic (exact) mass is 380 g/mol. The summed E-state index contributed by atoms with van der Waals surface area (Å²) in [6.45, 7) is 0.394. The number of hydrogen-bond acceptors (Lipinski definition) is 6. The highest BCUT2D eigenvalue weighted by Crippen LogP contribution is 2.23. The second-order valence-corrected chi connectivity index (χ2v) is 5.86. The number of imide groups is 2. The fourth-order valence-corrected chi connectivity index (χ4v) is 2.63. The molecule has 142 valence electrons. The van der Waals surface area contributed by atoms with Gasteiger partial charge in [0.15, 0.2) is 0 Å². The van der Waals surface area contributed by atoms with Crippen molar-refractivity contribution in [1.29, 1.82) is 0 Å². The Kier molecular flexibility index (Phi) is 5.56. The van der Waals surface area contributed by atoms with E-state index >= 15 is 0 Å². The zero-order valence-electron chi connectivity index (χ0n) is 14.8. The Labute approximate surface area is 161 Å². The molecule has 0 saturated carbocycles. The number of rotatable bonds is 8. The van der Waals surface area contributed by atoms with Crippen molar-refractivity contribution in [2.75, 3.05) is 26.3 Å². The van der Waals surface area contributed by atoms with Gasteiger partial charge in [-0.2, -0.15) is 0 Å². The Hall–Kier alpha value is -3.86. The van der Waals surface area contributed by atoms with Crippen LogP contribution in [0.15, 0.2) is 42.5 Å². The van der Waals surface area contributed by atoms with Gasteiger partial charge in [0.1, 0.15) is 24.7 Å². The fourth-order valence-electron chi connectivity index (χ4n) is 2.63. The largest absolute Gasteiger partial charge is 0.492 e. The van der Waals surface area contributed by atoms with Gasteiger partial charge in [0.25, 0.3) is 23.6 Å². The van der Waals surface area contributed by atoms with E-state index in [4.69, 9.17) is 15.9 Å². The van der Waals surface area contributed by atoms with Gasteiger partial charge in [-0.1, -0.05) is 5.92 Å². The second-order valence-electron chi connectivity index (χ2n) is 5.86. The van der Waals surface area contributed by atoms with E-state index in [1.54, 1.807) is 18.2 Å². The van der Waals surface area contributed by atoms with Gasteiger partial charge in [0.05, 0.1) is 13.1 Å². The fraction of sp³-hybridized carbons (Fsp3) is 0.200. The highest BCUT2D eigenvalue weighted by molar-refractivity contribution is 6.13. The van der Waals surface area contributed by atoms with E-state index in [1.165, 1.54) is 24.3 Å². The molecule has 0 saturated heterocycles. The van der Waals surface area contributed by atoms with Crippen LogP contribution in [0.2, 0.25) is 0 Å². The predicted octanol–water partition coefficient (Wildman–Crippen LogP) is 0.275. The molecule has 0 fully saturated rings. The molecule has 0 bridgehead atoms. The van der Waals surface area contributed by atoms with E-state index in [9.17, 15) is 19.2 Å². The first-order valence-corrected chi connectivity index (χ1v) is 8.42. The van der Waals surface area contributed by atoms with Crippen molar-refractivity contribution >= 4 is 23.6 Å². The van der Waals surface area contributed by atoms with Crippen molar-refractivity contribution in [3.05, 3.63) is 48.1 Å². The Morgan fingerprint density at radius 1 is 0.714 bits per heavy atom. The Morgan fingerprint density at radius 3 is 1.46 bits per heavy atom. The van der Waals surface area contributed by atoms with Crippen LogP contribution < -0.4 is 9.47 Å². The molecule has 8 nitrogen and oxygen atoms in total. The molecule has 0 N–H and O–H groups in total. The molecule has 0 radical (unpaired) electrons. The minimum atomic E-state index is -0.379. The molecular formula is C20H16N2O6. The van der Waals surface area contributed by atoms with Gasteiger partial charge in [-0.25, -0.2) is 0 Å². The van der Waals surface area contributed by atoms with Crippen molar-refractivity contribution in [2.24, 2.45) is 0 Å². The van der Waals surface area contributed by atoms with Crippen LogP contribution in [0.3, 0.4) is 0 Å². The molecule has 3 rings (SSSR count). The first-order valence-electron chi connectivity index (χ1n) is 8.42. The van der Waals surface area contributed by atoms with Gasteiger partial charge in [0, 0.05) is 35.9 Å². The van der Waals surface area contributed by atoms with Crippen molar-refractivity contribution in [3.63, 3.8) is 0 Å². The van der Waals surface area contributed by atoms with E-state index in [0.717, 1.165) is 9.80 Å². The molecule has 2 heterocycles. The highest BCUT2D eigenvalue weighted by Gasteiger charge is 2.23. The molecular weight excluding hydrogens is 364 g/mol. The van der Waals surface area contributed by atoms with Crippen molar-refractivity contribution in [2.45, 2.75) is 0 Å². The first kappa shape index (κ1) is 18.9. The molecule has 0 spiro atoms. The summed E-state index contributed by atoms with van der Waals surface area (Å²) < 4.78 is 11.2. The van der Waals surface area contributed by atoms with Gasteiger partial charge < -0.3 is 9.47 Å². The molecule has 0 aliphatic carbocycles. The lowest BCUT2D eigenvalue weighted by atomic mass is 10.2. The van der Waals surface area contributed by atoms with Crippen LogP contribution >= 0.6 is 0 Å². The molecule has 8 heteroatoms. The summed E-state index contributed by atoms with van der Waals surface area (Å²) in [6.07, 6.45) is 10.3. The van der Waals surface area contributed by atoms with E-state index in [-0.39, 0.29) is 49.9 Å². The maximum atomic E-state index is 11.5. The molecule has 0 atom stereocenters. The lowest BCUT2D eigenvalue weighted by Crippen LogP contribution is -2.34. The Bertz CT molecular complexity index is 838. The van der Waals surface area contributed by atoms with Crippen LogP contribution in [0.1, 0.15) is 5.56 Å². The predicted molar refractivity (Wildman–Crippen MR) is 97.1 cm³/mol. The van der Waals surface area contributed by atoms with Gasteiger partial charge in [-0.05, 0) is 12.1 Å². The Balaban J connectivity index is 1.55. The third-order valence-electron chi connectivity index (χ3n) is 4.02. The summed E-state index contributed by atoms with van der Waals surface area (Å²) in [5, 5.41) is 0. The molecule has 1 aromatic carbocycles. The number of ether oxygens (including phenoxy) is 2. The van der Waals surface area contributed by atoms with Crippen LogP contribution in [-0.2, 0) is 19.2 Å². The molecule has 0 unspecified atom stereocenters. The summed E-state index contributed by atoms with van der Waals surface area (Å²) in [5.41, 5.74) is 0.512. The zero-order valence-corrected chi connectivity index (χ0v) is 14.8. The summed E-state index contributed by atoms with van der Waals surface area (Å²) in [7, 11) is 0. The van der Waals surface area contributed by atoms with Gasteiger partial charge in [-0.15, -0.1) is 6.42 Å².